The largest absolute Gasteiger partial charge is 0.330 e. The molecule has 0 bridgehead atoms. The van der Waals surface area contributed by atoms with E-state index < -0.39 is 0 Å². The van der Waals surface area contributed by atoms with E-state index in [9.17, 15) is 0 Å². The van der Waals surface area contributed by atoms with E-state index in [1.807, 2.05) is 12.3 Å². The van der Waals surface area contributed by atoms with E-state index >= 15 is 0 Å². The maximum Gasteiger partial charge on any atom is 0.142 e. The molecular weight excluding hydrogens is 214 g/mol. The summed E-state index contributed by atoms with van der Waals surface area (Å²) in [5, 5.41) is 6.17. The number of nitrogens with zero attached hydrogens (tertiary/aromatic N) is 2. The van der Waals surface area contributed by atoms with Gasteiger partial charge >= 0.3 is 0 Å². The molecule has 2 N–H and O–H groups in total. The Morgan fingerprint density at radius 2 is 2.14 bits per heavy atom. The zero-order valence-electron chi connectivity index (χ0n) is 7.86. The third-order valence-corrected chi connectivity index (χ3v) is 3.48. The molecule has 74 valence electrons. The third-order valence-electron chi connectivity index (χ3n) is 1.79. The van der Waals surface area contributed by atoms with E-state index in [1.165, 1.54) is 0 Å². The molecule has 14 heavy (non-hydrogen) atoms. The van der Waals surface area contributed by atoms with Crippen LogP contribution in [0.3, 0.4) is 0 Å². The molecule has 0 fully saturated rings. The van der Waals surface area contributed by atoms with Gasteiger partial charge in [0.05, 0.1) is 10.7 Å². The van der Waals surface area contributed by atoms with Gasteiger partial charge in [-0.25, -0.2) is 9.97 Å². The molecule has 0 aliphatic heterocycles. The van der Waals surface area contributed by atoms with Gasteiger partial charge in [-0.2, -0.15) is 0 Å². The van der Waals surface area contributed by atoms with Crippen molar-refractivity contribution in [1.29, 1.82) is 0 Å². The van der Waals surface area contributed by atoms with Crippen molar-refractivity contribution in [2.75, 3.05) is 6.54 Å². The van der Waals surface area contributed by atoms with E-state index in [1.54, 1.807) is 22.7 Å². The predicted octanol–water partition coefficient (Wildman–Crippen LogP) is 2.08. The minimum absolute atomic E-state index is 0.652. The topological polar surface area (TPSA) is 51.8 Å². The van der Waals surface area contributed by atoms with Crippen molar-refractivity contribution < 1.29 is 0 Å². The molecular formula is C9H11N3S2. The second-order valence-corrected chi connectivity index (χ2v) is 4.85. The molecule has 0 amide bonds. The van der Waals surface area contributed by atoms with Crippen molar-refractivity contribution in [2.45, 2.75) is 13.3 Å². The van der Waals surface area contributed by atoms with E-state index in [2.05, 4.69) is 15.3 Å². The van der Waals surface area contributed by atoms with Crippen LogP contribution in [0.25, 0.3) is 10.7 Å². The highest BCUT2D eigenvalue weighted by Gasteiger charge is 2.06. The van der Waals surface area contributed by atoms with Crippen molar-refractivity contribution in [3.63, 3.8) is 0 Å². The number of hydrogen-bond acceptors (Lipinski definition) is 5. The van der Waals surface area contributed by atoms with Gasteiger partial charge in [-0.15, -0.1) is 22.7 Å². The molecule has 0 unspecified atom stereocenters. The fourth-order valence-electron chi connectivity index (χ4n) is 1.15. The second-order valence-electron chi connectivity index (χ2n) is 2.93. The number of thiazole rings is 2. The van der Waals surface area contributed by atoms with Crippen LogP contribution >= 0.6 is 22.7 Å². The van der Waals surface area contributed by atoms with Gasteiger partial charge in [0.25, 0.3) is 0 Å². The van der Waals surface area contributed by atoms with Crippen molar-refractivity contribution in [3.05, 3.63) is 21.5 Å². The Morgan fingerprint density at radius 1 is 1.29 bits per heavy atom. The molecule has 0 radical (unpaired) electrons. The van der Waals surface area contributed by atoms with Crippen LogP contribution < -0.4 is 5.73 Å². The van der Waals surface area contributed by atoms with Crippen molar-refractivity contribution in [2.24, 2.45) is 5.73 Å². The lowest BCUT2D eigenvalue weighted by Gasteiger charge is -1.89. The zero-order chi connectivity index (χ0) is 9.97. The van der Waals surface area contributed by atoms with Crippen molar-refractivity contribution in [1.82, 2.24) is 9.97 Å². The molecule has 2 rings (SSSR count). The highest BCUT2D eigenvalue weighted by atomic mass is 32.1. The highest BCUT2D eigenvalue weighted by molar-refractivity contribution is 7.14. The summed E-state index contributed by atoms with van der Waals surface area (Å²) in [6.07, 6.45) is 0.847. The highest BCUT2D eigenvalue weighted by Crippen LogP contribution is 2.24. The SMILES string of the molecule is Cc1nc(-c2nc(CCN)cs2)cs1. The molecule has 2 heterocycles. The summed E-state index contributed by atoms with van der Waals surface area (Å²) in [6, 6.07) is 0. The first kappa shape index (κ1) is 9.76. The predicted molar refractivity (Wildman–Crippen MR) is 60.7 cm³/mol. The summed E-state index contributed by atoms with van der Waals surface area (Å²) in [6.45, 7) is 2.65. The number of nitrogens with two attached hydrogens (primary N) is 1. The van der Waals surface area contributed by atoms with Crippen LogP contribution in [0.15, 0.2) is 10.8 Å². The van der Waals surface area contributed by atoms with Crippen LogP contribution in [0, 0.1) is 6.92 Å². The smallest absolute Gasteiger partial charge is 0.142 e. The summed E-state index contributed by atoms with van der Waals surface area (Å²) >= 11 is 3.29. The van der Waals surface area contributed by atoms with Gasteiger partial charge in [-0.1, -0.05) is 0 Å². The number of aryl methyl sites for hydroxylation is 1. The Balaban J connectivity index is 2.24. The van der Waals surface area contributed by atoms with Gasteiger partial charge in [-0.3, -0.25) is 0 Å². The van der Waals surface area contributed by atoms with Crippen LogP contribution in [0.5, 0.6) is 0 Å². The average molecular weight is 225 g/mol. The number of hydrogen-bond donors (Lipinski definition) is 1. The first-order valence-electron chi connectivity index (χ1n) is 4.36. The van der Waals surface area contributed by atoms with Gasteiger partial charge in [-0.05, 0) is 13.5 Å². The minimum atomic E-state index is 0.652. The van der Waals surface area contributed by atoms with Crippen LogP contribution in [0.1, 0.15) is 10.7 Å². The minimum Gasteiger partial charge on any atom is -0.330 e. The quantitative estimate of drug-likeness (QED) is 0.870. The standard InChI is InChI=1S/C9H11N3S2/c1-6-11-8(5-13-6)9-12-7(2-3-10)4-14-9/h4-5H,2-3,10H2,1H3. The van der Waals surface area contributed by atoms with Gasteiger partial charge in [0.2, 0.25) is 0 Å². The fraction of sp³-hybridized carbons (Fsp3) is 0.333. The molecule has 0 aliphatic carbocycles. The molecule has 0 aromatic carbocycles. The molecule has 0 saturated carbocycles. The van der Waals surface area contributed by atoms with Crippen molar-refractivity contribution >= 4 is 22.7 Å². The van der Waals surface area contributed by atoms with E-state index in [0.29, 0.717) is 6.54 Å². The fourth-order valence-corrected chi connectivity index (χ4v) is 2.63. The van der Waals surface area contributed by atoms with Gasteiger partial charge in [0, 0.05) is 17.2 Å². The lowest BCUT2D eigenvalue weighted by atomic mass is 10.3. The first-order chi connectivity index (χ1) is 6.79. The van der Waals surface area contributed by atoms with Crippen molar-refractivity contribution in [3.8, 4) is 10.7 Å². The number of rotatable bonds is 3. The zero-order valence-corrected chi connectivity index (χ0v) is 9.49. The van der Waals surface area contributed by atoms with Crippen LogP contribution in [0.4, 0.5) is 0 Å². The molecule has 5 heteroatoms. The van der Waals surface area contributed by atoms with Crippen LogP contribution in [-0.2, 0) is 6.42 Å². The Bertz CT molecular complexity index is 419. The monoisotopic (exact) mass is 225 g/mol. The summed E-state index contributed by atoms with van der Waals surface area (Å²) in [7, 11) is 0. The van der Waals surface area contributed by atoms with E-state index in [0.717, 1.165) is 27.8 Å². The Labute approximate surface area is 90.6 Å². The molecule has 2 aromatic rings. The van der Waals surface area contributed by atoms with Gasteiger partial charge in [0.15, 0.2) is 0 Å². The maximum atomic E-state index is 5.46. The Kier molecular flexibility index (Phi) is 2.90. The molecule has 0 spiro atoms. The van der Waals surface area contributed by atoms with Crippen LogP contribution in [0.2, 0.25) is 0 Å². The molecule has 3 nitrogen and oxygen atoms in total. The summed E-state index contributed by atoms with van der Waals surface area (Å²) < 4.78 is 0. The van der Waals surface area contributed by atoms with Gasteiger partial charge in [0.1, 0.15) is 10.7 Å². The third kappa shape index (κ3) is 2.00. The first-order valence-corrected chi connectivity index (χ1v) is 6.12. The molecule has 2 aromatic heterocycles. The second kappa shape index (κ2) is 4.16. The molecule has 0 saturated heterocycles. The van der Waals surface area contributed by atoms with E-state index in [4.69, 9.17) is 5.73 Å². The average Bonchev–Trinajstić information content (AvgIpc) is 2.74. The Morgan fingerprint density at radius 3 is 2.79 bits per heavy atom. The molecule has 0 aliphatic rings. The lowest BCUT2D eigenvalue weighted by Crippen LogP contribution is -2.02. The Hall–Kier alpha value is -0.780. The normalized spacial score (nSPS) is 10.7. The summed E-state index contributed by atoms with van der Waals surface area (Å²) in [4.78, 5) is 8.86. The number of aromatic nitrogens is 2. The van der Waals surface area contributed by atoms with E-state index in [-0.39, 0.29) is 0 Å². The maximum absolute atomic E-state index is 5.46. The lowest BCUT2D eigenvalue weighted by molar-refractivity contribution is 0.936. The van der Waals surface area contributed by atoms with Crippen LogP contribution in [-0.4, -0.2) is 16.5 Å². The summed E-state index contributed by atoms with van der Waals surface area (Å²) in [5.74, 6) is 0. The van der Waals surface area contributed by atoms with Gasteiger partial charge < -0.3 is 5.73 Å². The summed E-state index contributed by atoms with van der Waals surface area (Å²) in [5.41, 5.74) is 7.52. The molecule has 0 atom stereocenters.